The lowest BCUT2D eigenvalue weighted by atomic mass is 10.1. The second-order valence-electron chi connectivity index (χ2n) is 3.46. The maximum Gasteiger partial charge on any atom is 0.226 e. The molecule has 1 rings (SSSR count). The van der Waals surface area contributed by atoms with Gasteiger partial charge in [-0.05, 0) is 12.8 Å². The van der Waals surface area contributed by atoms with Gasteiger partial charge in [-0.25, -0.2) is 0 Å². The number of hydrogen-bond donors (Lipinski definition) is 1. The van der Waals surface area contributed by atoms with Crippen LogP contribution in [-0.4, -0.2) is 35.4 Å². The molecule has 0 N–H and O–H groups in total. The van der Waals surface area contributed by atoms with E-state index in [1.807, 2.05) is 6.92 Å². The van der Waals surface area contributed by atoms with Crippen molar-refractivity contribution in [2.45, 2.75) is 25.8 Å². The average molecular weight is 201 g/mol. The fourth-order valence-electron chi connectivity index (χ4n) is 1.57. The van der Waals surface area contributed by atoms with Gasteiger partial charge in [-0.1, -0.05) is 6.92 Å². The molecule has 1 aliphatic rings. The maximum atomic E-state index is 11.7. The van der Waals surface area contributed by atoms with Gasteiger partial charge >= 0.3 is 0 Å². The van der Waals surface area contributed by atoms with E-state index in [0.717, 1.165) is 25.7 Å². The van der Waals surface area contributed by atoms with E-state index in [1.165, 1.54) is 0 Å². The molecule has 0 aromatic carbocycles. The van der Waals surface area contributed by atoms with Crippen molar-refractivity contribution < 1.29 is 9.59 Å². The number of rotatable bonds is 3. The van der Waals surface area contributed by atoms with Crippen molar-refractivity contribution in [1.82, 2.24) is 4.90 Å². The number of nitrogens with zero attached hydrogens (tertiary/aromatic N) is 1. The minimum absolute atomic E-state index is 0.0598. The van der Waals surface area contributed by atoms with Gasteiger partial charge in [-0.2, -0.15) is 12.6 Å². The number of thiol groups is 1. The molecule has 13 heavy (non-hydrogen) atoms. The van der Waals surface area contributed by atoms with Gasteiger partial charge in [-0.3, -0.25) is 4.79 Å². The minimum atomic E-state index is -0.185. The molecule has 0 spiro atoms. The standard InChI is InChI=1S/C9H15NO2S/c1-7(6-13)9(12)10-4-2-3-8(10)5-11/h5,7-8,13H,2-4,6H2,1H3/t7?,8-/m0/s1. The molecular formula is C9H15NO2S. The average Bonchev–Trinajstić information content (AvgIpc) is 2.62. The van der Waals surface area contributed by atoms with Gasteiger partial charge < -0.3 is 9.69 Å². The van der Waals surface area contributed by atoms with Crippen LogP contribution in [0.3, 0.4) is 0 Å². The lowest BCUT2D eigenvalue weighted by Gasteiger charge is -2.23. The molecule has 0 aromatic heterocycles. The van der Waals surface area contributed by atoms with Crippen LogP contribution in [0.5, 0.6) is 0 Å². The van der Waals surface area contributed by atoms with Gasteiger partial charge in [0, 0.05) is 18.2 Å². The molecule has 3 nitrogen and oxygen atoms in total. The molecule has 74 valence electrons. The normalized spacial score (nSPS) is 24.5. The molecule has 0 radical (unpaired) electrons. The highest BCUT2D eigenvalue weighted by Gasteiger charge is 2.30. The molecule has 0 saturated carbocycles. The predicted molar refractivity (Wildman–Crippen MR) is 53.8 cm³/mol. The summed E-state index contributed by atoms with van der Waals surface area (Å²) in [6, 6.07) is -0.185. The number of hydrogen-bond acceptors (Lipinski definition) is 3. The zero-order valence-corrected chi connectivity index (χ0v) is 8.67. The summed E-state index contributed by atoms with van der Waals surface area (Å²) >= 11 is 4.07. The monoisotopic (exact) mass is 201 g/mol. The fourth-order valence-corrected chi connectivity index (χ4v) is 1.72. The van der Waals surface area contributed by atoms with Gasteiger partial charge in [0.1, 0.15) is 6.29 Å². The van der Waals surface area contributed by atoms with Crippen LogP contribution >= 0.6 is 12.6 Å². The summed E-state index contributed by atoms with van der Waals surface area (Å²) in [6.45, 7) is 2.57. The number of amides is 1. The van der Waals surface area contributed by atoms with E-state index >= 15 is 0 Å². The Hall–Kier alpha value is -0.510. The first-order valence-corrected chi connectivity index (χ1v) is 5.20. The maximum absolute atomic E-state index is 11.7. The van der Waals surface area contributed by atoms with Crippen LogP contribution in [0.4, 0.5) is 0 Å². The van der Waals surface area contributed by atoms with Gasteiger partial charge in [-0.15, -0.1) is 0 Å². The van der Waals surface area contributed by atoms with Crippen LogP contribution in [0.25, 0.3) is 0 Å². The van der Waals surface area contributed by atoms with Gasteiger partial charge in [0.2, 0.25) is 5.91 Å². The first kappa shape index (κ1) is 10.6. The largest absolute Gasteiger partial charge is 0.333 e. The van der Waals surface area contributed by atoms with Crippen molar-refractivity contribution in [3.8, 4) is 0 Å². The van der Waals surface area contributed by atoms with Crippen LogP contribution < -0.4 is 0 Å². The van der Waals surface area contributed by atoms with Crippen LogP contribution in [-0.2, 0) is 9.59 Å². The van der Waals surface area contributed by atoms with Crippen molar-refractivity contribution in [3.05, 3.63) is 0 Å². The molecule has 1 unspecified atom stereocenters. The number of carbonyl (C=O) groups is 2. The van der Waals surface area contributed by atoms with E-state index in [-0.39, 0.29) is 17.9 Å². The summed E-state index contributed by atoms with van der Waals surface area (Å²) in [7, 11) is 0. The van der Waals surface area contributed by atoms with E-state index in [9.17, 15) is 9.59 Å². The zero-order valence-electron chi connectivity index (χ0n) is 7.77. The Morgan fingerprint density at radius 2 is 2.46 bits per heavy atom. The molecule has 0 aliphatic carbocycles. The Bertz CT molecular complexity index is 208. The molecule has 1 heterocycles. The third kappa shape index (κ3) is 2.24. The molecule has 0 bridgehead atoms. The molecule has 4 heteroatoms. The number of carbonyl (C=O) groups excluding carboxylic acids is 2. The highest BCUT2D eigenvalue weighted by molar-refractivity contribution is 7.80. The molecule has 1 fully saturated rings. The summed E-state index contributed by atoms with van der Waals surface area (Å²) in [4.78, 5) is 24.0. The van der Waals surface area contributed by atoms with Gasteiger partial charge in [0.25, 0.3) is 0 Å². The Balaban J connectivity index is 2.59. The first-order valence-electron chi connectivity index (χ1n) is 4.57. The predicted octanol–water partition coefficient (Wildman–Crippen LogP) is 0.742. The molecule has 1 amide bonds. The lowest BCUT2D eigenvalue weighted by Crippen LogP contribution is -2.40. The van der Waals surface area contributed by atoms with Crippen LogP contribution in [0.2, 0.25) is 0 Å². The van der Waals surface area contributed by atoms with Crippen LogP contribution in [0, 0.1) is 5.92 Å². The van der Waals surface area contributed by atoms with E-state index in [0.29, 0.717) is 5.75 Å². The SMILES string of the molecule is CC(CS)C(=O)N1CCC[C@H]1C=O. The number of likely N-dealkylation sites (tertiary alicyclic amines) is 1. The molecular weight excluding hydrogens is 186 g/mol. The van der Waals surface area contributed by atoms with E-state index in [2.05, 4.69) is 12.6 Å². The van der Waals surface area contributed by atoms with Gasteiger partial charge in [0.05, 0.1) is 6.04 Å². The van der Waals surface area contributed by atoms with Crippen molar-refractivity contribution in [3.63, 3.8) is 0 Å². The van der Waals surface area contributed by atoms with Crippen molar-refractivity contribution in [2.24, 2.45) is 5.92 Å². The zero-order chi connectivity index (χ0) is 9.84. The Labute approximate surface area is 83.9 Å². The topological polar surface area (TPSA) is 37.4 Å². The third-order valence-electron chi connectivity index (χ3n) is 2.43. The summed E-state index contributed by atoms with van der Waals surface area (Å²) < 4.78 is 0. The van der Waals surface area contributed by atoms with E-state index in [4.69, 9.17) is 0 Å². The number of aldehydes is 1. The van der Waals surface area contributed by atoms with Crippen LogP contribution in [0.15, 0.2) is 0 Å². The Morgan fingerprint density at radius 1 is 1.77 bits per heavy atom. The van der Waals surface area contributed by atoms with Crippen LogP contribution in [0.1, 0.15) is 19.8 Å². The molecule has 1 saturated heterocycles. The fraction of sp³-hybridized carbons (Fsp3) is 0.778. The van der Waals surface area contributed by atoms with Crippen molar-refractivity contribution >= 4 is 24.8 Å². The third-order valence-corrected chi connectivity index (χ3v) is 2.98. The smallest absolute Gasteiger partial charge is 0.226 e. The summed E-state index contributed by atoms with van der Waals surface area (Å²) in [5.41, 5.74) is 0. The van der Waals surface area contributed by atoms with E-state index < -0.39 is 0 Å². The molecule has 1 aliphatic heterocycles. The Kier molecular flexibility index (Phi) is 3.78. The molecule has 0 aromatic rings. The van der Waals surface area contributed by atoms with Crippen molar-refractivity contribution in [2.75, 3.05) is 12.3 Å². The molecule has 2 atom stereocenters. The lowest BCUT2D eigenvalue weighted by molar-refractivity contribution is -0.137. The second-order valence-corrected chi connectivity index (χ2v) is 3.83. The minimum Gasteiger partial charge on any atom is -0.333 e. The van der Waals surface area contributed by atoms with Gasteiger partial charge in [0.15, 0.2) is 0 Å². The summed E-state index contributed by atoms with van der Waals surface area (Å²) in [5.74, 6) is 0.523. The highest BCUT2D eigenvalue weighted by Crippen LogP contribution is 2.18. The summed E-state index contributed by atoms with van der Waals surface area (Å²) in [5, 5.41) is 0. The quantitative estimate of drug-likeness (QED) is 0.540. The highest BCUT2D eigenvalue weighted by atomic mass is 32.1. The summed E-state index contributed by atoms with van der Waals surface area (Å²) in [6.07, 6.45) is 2.62. The van der Waals surface area contributed by atoms with Crippen molar-refractivity contribution in [1.29, 1.82) is 0 Å². The first-order chi connectivity index (χ1) is 6.20. The Morgan fingerprint density at radius 3 is 3.00 bits per heavy atom. The van der Waals surface area contributed by atoms with E-state index in [1.54, 1.807) is 4.90 Å². The second kappa shape index (κ2) is 4.65.